The van der Waals surface area contributed by atoms with Crippen LogP contribution in [-0.4, -0.2) is 56.6 Å². The van der Waals surface area contributed by atoms with Crippen LogP contribution >= 0.6 is 0 Å². The summed E-state index contributed by atoms with van der Waals surface area (Å²) >= 11 is 0. The molecule has 2 aromatic rings. The maximum atomic E-state index is 12.6. The number of nitrogens with one attached hydrogen (secondary N) is 1. The van der Waals surface area contributed by atoms with Gasteiger partial charge < -0.3 is 24.6 Å². The minimum atomic E-state index is 0.0597. The maximum absolute atomic E-state index is 12.6. The number of nitrogens with zero attached hydrogens (tertiary/aromatic N) is 2. The predicted molar refractivity (Wildman–Crippen MR) is 120 cm³/mol. The quantitative estimate of drug-likeness (QED) is 0.693. The predicted octanol–water partition coefficient (Wildman–Crippen LogP) is 3.09. The highest BCUT2D eigenvalue weighted by Gasteiger charge is 2.21. The minimum absolute atomic E-state index is 0.0597. The van der Waals surface area contributed by atoms with Crippen LogP contribution in [0, 0.1) is 0 Å². The van der Waals surface area contributed by atoms with E-state index in [1.807, 2.05) is 35.2 Å². The number of piperazine rings is 1. The molecule has 2 heterocycles. The summed E-state index contributed by atoms with van der Waals surface area (Å²) in [4.78, 5) is 28.2. The van der Waals surface area contributed by atoms with Gasteiger partial charge in [-0.1, -0.05) is 0 Å². The molecule has 0 atom stereocenters. The highest BCUT2D eigenvalue weighted by atomic mass is 16.5. The van der Waals surface area contributed by atoms with E-state index in [1.54, 1.807) is 7.11 Å². The van der Waals surface area contributed by atoms with Gasteiger partial charge in [0.1, 0.15) is 11.5 Å². The van der Waals surface area contributed by atoms with Gasteiger partial charge >= 0.3 is 0 Å². The molecular weight excluding hydrogens is 394 g/mol. The average molecular weight is 424 g/mol. The number of aryl methyl sites for hydroxylation is 1. The third-order valence-corrected chi connectivity index (χ3v) is 5.85. The number of rotatable bonds is 7. The Balaban J connectivity index is 1.17. The second-order valence-corrected chi connectivity index (χ2v) is 7.89. The molecule has 164 valence electrons. The Morgan fingerprint density at radius 2 is 1.74 bits per heavy atom. The minimum Gasteiger partial charge on any atom is -0.497 e. The molecule has 0 radical (unpaired) electrons. The van der Waals surface area contributed by atoms with E-state index in [0.717, 1.165) is 61.0 Å². The molecule has 0 aromatic heterocycles. The summed E-state index contributed by atoms with van der Waals surface area (Å²) in [5, 5.41) is 2.87. The van der Waals surface area contributed by atoms with Gasteiger partial charge in [0.2, 0.25) is 11.8 Å². The van der Waals surface area contributed by atoms with Crippen molar-refractivity contribution in [2.75, 3.05) is 50.1 Å². The topological polar surface area (TPSA) is 71.1 Å². The van der Waals surface area contributed by atoms with Crippen LogP contribution in [0.5, 0.6) is 11.5 Å². The highest BCUT2D eigenvalue weighted by Crippen LogP contribution is 2.27. The van der Waals surface area contributed by atoms with Crippen LogP contribution in [0.3, 0.4) is 0 Å². The summed E-state index contributed by atoms with van der Waals surface area (Å²) in [7, 11) is 1.66. The van der Waals surface area contributed by atoms with Gasteiger partial charge in [-0.25, -0.2) is 0 Å². The fourth-order valence-corrected chi connectivity index (χ4v) is 4.03. The largest absolute Gasteiger partial charge is 0.497 e. The van der Waals surface area contributed by atoms with Crippen LogP contribution in [0.15, 0.2) is 42.5 Å². The molecule has 2 amide bonds. The second kappa shape index (κ2) is 9.73. The van der Waals surface area contributed by atoms with Gasteiger partial charge in [0.15, 0.2) is 0 Å². The van der Waals surface area contributed by atoms with Gasteiger partial charge in [0.05, 0.1) is 13.7 Å². The highest BCUT2D eigenvalue weighted by molar-refractivity contribution is 5.94. The number of hydrogen-bond acceptors (Lipinski definition) is 5. The van der Waals surface area contributed by atoms with Crippen LogP contribution in [0.1, 0.15) is 24.8 Å². The summed E-state index contributed by atoms with van der Waals surface area (Å²) < 4.78 is 11.0. The number of anilines is 2. The van der Waals surface area contributed by atoms with E-state index in [1.165, 1.54) is 0 Å². The van der Waals surface area contributed by atoms with Gasteiger partial charge in [-0.15, -0.1) is 0 Å². The Kier molecular flexibility index (Phi) is 6.60. The molecule has 2 aliphatic heterocycles. The van der Waals surface area contributed by atoms with Crippen LogP contribution < -0.4 is 19.7 Å². The van der Waals surface area contributed by atoms with Crippen LogP contribution in [-0.2, 0) is 16.0 Å². The number of fused-ring (bicyclic) bond motifs is 1. The van der Waals surface area contributed by atoms with Crippen molar-refractivity contribution in [2.24, 2.45) is 0 Å². The normalized spacial score (nSPS) is 15.8. The molecule has 1 N–H and O–H groups in total. The number of carbonyl (C=O) groups is 2. The summed E-state index contributed by atoms with van der Waals surface area (Å²) in [6.45, 7) is 3.65. The number of hydrogen-bond donors (Lipinski definition) is 1. The van der Waals surface area contributed by atoms with Crippen molar-refractivity contribution in [1.29, 1.82) is 0 Å². The smallest absolute Gasteiger partial charge is 0.224 e. The van der Waals surface area contributed by atoms with Crippen molar-refractivity contribution in [2.45, 2.75) is 25.7 Å². The standard InChI is InChI=1S/C24H29N3O4/c1-30-20-7-5-19(6-8-20)26-12-14-27(15-13-26)24(29)3-2-16-31-21-9-10-22-18(17-21)4-11-23(28)25-22/h5-10,17H,2-4,11-16H2,1H3,(H,25,28). The molecule has 0 bridgehead atoms. The van der Waals surface area contributed by atoms with E-state index in [0.29, 0.717) is 25.9 Å². The molecule has 1 fully saturated rings. The molecule has 2 aliphatic rings. The van der Waals surface area contributed by atoms with E-state index >= 15 is 0 Å². The Labute approximate surface area is 182 Å². The first-order valence-corrected chi connectivity index (χ1v) is 10.8. The number of amides is 2. The van der Waals surface area contributed by atoms with Crippen LogP contribution in [0.25, 0.3) is 0 Å². The zero-order chi connectivity index (χ0) is 21.6. The third kappa shape index (κ3) is 5.29. The van der Waals surface area contributed by atoms with E-state index < -0.39 is 0 Å². The third-order valence-electron chi connectivity index (χ3n) is 5.85. The molecule has 7 nitrogen and oxygen atoms in total. The van der Waals surface area contributed by atoms with Crippen molar-refractivity contribution in [3.8, 4) is 11.5 Å². The zero-order valence-corrected chi connectivity index (χ0v) is 17.9. The molecule has 4 rings (SSSR count). The van der Waals surface area contributed by atoms with Crippen molar-refractivity contribution in [3.63, 3.8) is 0 Å². The number of carbonyl (C=O) groups excluding carboxylic acids is 2. The SMILES string of the molecule is COc1ccc(N2CCN(C(=O)CCCOc3ccc4c(c3)CCC(=O)N4)CC2)cc1. The van der Waals surface area contributed by atoms with E-state index in [4.69, 9.17) is 9.47 Å². The number of benzene rings is 2. The first-order valence-electron chi connectivity index (χ1n) is 10.8. The van der Waals surface area contributed by atoms with E-state index in [9.17, 15) is 9.59 Å². The molecule has 2 aromatic carbocycles. The molecule has 7 heteroatoms. The van der Waals surface area contributed by atoms with Crippen molar-refractivity contribution in [3.05, 3.63) is 48.0 Å². The number of ether oxygens (including phenoxy) is 2. The Morgan fingerprint density at radius 3 is 2.48 bits per heavy atom. The number of methoxy groups -OCH3 is 1. The molecule has 0 saturated carbocycles. The van der Waals surface area contributed by atoms with E-state index in [-0.39, 0.29) is 11.8 Å². The Hall–Kier alpha value is -3.22. The fraction of sp³-hybridized carbons (Fsp3) is 0.417. The van der Waals surface area contributed by atoms with Gasteiger partial charge in [-0.05, 0) is 60.9 Å². The van der Waals surface area contributed by atoms with Gasteiger partial charge in [-0.3, -0.25) is 9.59 Å². The Morgan fingerprint density at radius 1 is 1.00 bits per heavy atom. The molecule has 0 aliphatic carbocycles. The molecule has 31 heavy (non-hydrogen) atoms. The maximum Gasteiger partial charge on any atom is 0.224 e. The van der Waals surface area contributed by atoms with E-state index in [2.05, 4.69) is 22.3 Å². The van der Waals surface area contributed by atoms with Crippen molar-refractivity contribution < 1.29 is 19.1 Å². The average Bonchev–Trinajstić information content (AvgIpc) is 2.82. The molecular formula is C24H29N3O4. The zero-order valence-electron chi connectivity index (χ0n) is 17.9. The molecule has 1 saturated heterocycles. The van der Waals surface area contributed by atoms with Crippen LogP contribution in [0.4, 0.5) is 11.4 Å². The lowest BCUT2D eigenvalue weighted by atomic mass is 10.0. The second-order valence-electron chi connectivity index (χ2n) is 7.89. The molecule has 0 spiro atoms. The summed E-state index contributed by atoms with van der Waals surface area (Å²) in [6.07, 6.45) is 2.42. The van der Waals surface area contributed by atoms with Gasteiger partial charge in [-0.2, -0.15) is 0 Å². The monoisotopic (exact) mass is 423 g/mol. The van der Waals surface area contributed by atoms with Crippen molar-refractivity contribution in [1.82, 2.24) is 4.90 Å². The van der Waals surface area contributed by atoms with Gasteiger partial charge in [0.25, 0.3) is 0 Å². The lowest BCUT2D eigenvalue weighted by Gasteiger charge is -2.36. The van der Waals surface area contributed by atoms with Crippen LogP contribution in [0.2, 0.25) is 0 Å². The Bertz CT molecular complexity index is 921. The summed E-state index contributed by atoms with van der Waals surface area (Å²) in [5.41, 5.74) is 3.13. The summed E-state index contributed by atoms with van der Waals surface area (Å²) in [5.74, 6) is 1.88. The lowest BCUT2D eigenvalue weighted by Crippen LogP contribution is -2.48. The fourth-order valence-electron chi connectivity index (χ4n) is 4.03. The first kappa shape index (κ1) is 21.0. The van der Waals surface area contributed by atoms with Crippen molar-refractivity contribution >= 4 is 23.2 Å². The summed E-state index contributed by atoms with van der Waals surface area (Å²) in [6, 6.07) is 13.8. The first-order chi connectivity index (χ1) is 15.1. The molecule has 0 unspecified atom stereocenters. The van der Waals surface area contributed by atoms with Gasteiger partial charge in [0, 0.05) is 50.4 Å². The lowest BCUT2D eigenvalue weighted by molar-refractivity contribution is -0.131.